The molecule has 0 aromatic rings. The molecule has 1 aliphatic heterocycles. The smallest absolute Gasteiger partial charge is 0.0921 e. The molecule has 0 aliphatic carbocycles. The third kappa shape index (κ3) is 1.33. The van der Waals surface area contributed by atoms with Crippen LogP contribution in [0.3, 0.4) is 0 Å². The zero-order valence-corrected chi connectivity index (χ0v) is 5.34. The van der Waals surface area contributed by atoms with Gasteiger partial charge in [0.25, 0.3) is 0 Å². The molecule has 2 nitrogen and oxygen atoms in total. The summed E-state index contributed by atoms with van der Waals surface area (Å²) >= 11 is 1.33. The van der Waals surface area contributed by atoms with E-state index in [1.54, 1.807) is 0 Å². The zero-order chi connectivity index (χ0) is 5.33. The Hall–Kier alpha value is 0.270. The molecule has 0 aromatic heterocycles. The molecule has 1 N–H and O–H groups in total. The van der Waals surface area contributed by atoms with Gasteiger partial charge in [-0.05, 0) is 13.8 Å². The molecule has 1 rings (SSSR count). The highest BCUT2D eigenvalue weighted by Crippen LogP contribution is 2.21. The summed E-state index contributed by atoms with van der Waals surface area (Å²) in [6.45, 7) is 5.05. The number of nitrogens with one attached hydrogen (secondary N) is 1. The molecule has 1 fully saturated rings. The molecule has 3 heteroatoms. The standard InChI is InChI=1S/C4H9NOS/c1-4(2)3-5-7-6-4/h5H,3H2,1-2H3. The van der Waals surface area contributed by atoms with Crippen LogP contribution in [0.5, 0.6) is 0 Å². The van der Waals surface area contributed by atoms with Gasteiger partial charge in [-0.3, -0.25) is 4.18 Å². The quantitative estimate of drug-likeness (QED) is 0.379. The van der Waals surface area contributed by atoms with E-state index in [4.69, 9.17) is 4.18 Å². The second kappa shape index (κ2) is 1.65. The molecule has 0 amide bonds. The molecule has 42 valence electrons. The lowest BCUT2D eigenvalue weighted by Gasteiger charge is -2.10. The van der Waals surface area contributed by atoms with Gasteiger partial charge in [0.05, 0.1) is 17.8 Å². The maximum absolute atomic E-state index is 5.15. The molecule has 0 radical (unpaired) electrons. The van der Waals surface area contributed by atoms with Crippen molar-refractivity contribution < 1.29 is 4.18 Å². The van der Waals surface area contributed by atoms with Crippen molar-refractivity contribution in [2.75, 3.05) is 6.54 Å². The number of rotatable bonds is 0. The van der Waals surface area contributed by atoms with E-state index in [1.807, 2.05) is 0 Å². The summed E-state index contributed by atoms with van der Waals surface area (Å²) in [7, 11) is 0. The Labute approximate surface area is 48.0 Å². The summed E-state index contributed by atoms with van der Waals surface area (Å²) in [5, 5.41) is 0. The Morgan fingerprint density at radius 1 is 1.71 bits per heavy atom. The van der Waals surface area contributed by atoms with Gasteiger partial charge >= 0.3 is 0 Å². The largest absolute Gasteiger partial charge is 0.294 e. The molecule has 1 saturated heterocycles. The van der Waals surface area contributed by atoms with Gasteiger partial charge in [0, 0.05) is 6.54 Å². The van der Waals surface area contributed by atoms with Gasteiger partial charge < -0.3 is 0 Å². The van der Waals surface area contributed by atoms with Crippen molar-refractivity contribution in [3.8, 4) is 0 Å². The number of hydrogen-bond acceptors (Lipinski definition) is 3. The van der Waals surface area contributed by atoms with E-state index in [-0.39, 0.29) is 5.60 Å². The Morgan fingerprint density at radius 3 is 2.57 bits per heavy atom. The minimum absolute atomic E-state index is 0.0463. The second-order valence-electron chi connectivity index (χ2n) is 2.25. The predicted octanol–water partition coefficient (Wildman–Crippen LogP) is 0.948. The van der Waals surface area contributed by atoms with Crippen LogP contribution in [0.15, 0.2) is 0 Å². The van der Waals surface area contributed by atoms with Crippen molar-refractivity contribution in [1.29, 1.82) is 0 Å². The molecule has 7 heavy (non-hydrogen) atoms. The Morgan fingerprint density at radius 2 is 2.43 bits per heavy atom. The van der Waals surface area contributed by atoms with Crippen LogP contribution in [0.25, 0.3) is 0 Å². The average molecular weight is 119 g/mol. The fourth-order valence-corrected chi connectivity index (χ4v) is 1.12. The molecular formula is C4H9NOS. The highest BCUT2D eigenvalue weighted by Gasteiger charge is 2.24. The van der Waals surface area contributed by atoms with Crippen molar-refractivity contribution in [2.45, 2.75) is 19.4 Å². The van der Waals surface area contributed by atoms with Crippen LogP contribution in [-0.2, 0) is 4.18 Å². The summed E-state index contributed by atoms with van der Waals surface area (Å²) in [5.41, 5.74) is 0.0463. The van der Waals surface area contributed by atoms with E-state index in [2.05, 4.69) is 18.6 Å². The van der Waals surface area contributed by atoms with Gasteiger partial charge in [-0.15, -0.1) is 0 Å². The molecule has 0 spiro atoms. The Bertz CT molecular complexity index is 66.1. The highest BCUT2D eigenvalue weighted by atomic mass is 32.2. The van der Waals surface area contributed by atoms with Crippen LogP contribution in [-0.4, -0.2) is 12.1 Å². The third-order valence-corrected chi connectivity index (χ3v) is 1.62. The summed E-state index contributed by atoms with van der Waals surface area (Å²) in [6, 6.07) is 0. The first-order valence-corrected chi connectivity index (χ1v) is 3.02. The number of hydrogen-bond donors (Lipinski definition) is 1. The topological polar surface area (TPSA) is 21.3 Å². The van der Waals surface area contributed by atoms with Crippen molar-refractivity contribution >= 4 is 12.2 Å². The van der Waals surface area contributed by atoms with Crippen molar-refractivity contribution in [3.05, 3.63) is 0 Å². The molecular weight excluding hydrogens is 110 g/mol. The van der Waals surface area contributed by atoms with Crippen LogP contribution >= 0.6 is 12.2 Å². The highest BCUT2D eigenvalue weighted by molar-refractivity contribution is 7.92. The first-order valence-electron chi connectivity index (χ1n) is 2.28. The lowest BCUT2D eigenvalue weighted by atomic mass is 10.1. The lowest BCUT2D eigenvalue weighted by Crippen LogP contribution is -2.23. The van der Waals surface area contributed by atoms with Crippen molar-refractivity contribution in [1.82, 2.24) is 4.72 Å². The maximum Gasteiger partial charge on any atom is 0.0921 e. The molecule has 1 heterocycles. The van der Waals surface area contributed by atoms with E-state index >= 15 is 0 Å². The first kappa shape index (κ1) is 5.41. The van der Waals surface area contributed by atoms with Gasteiger partial charge in [-0.2, -0.15) is 0 Å². The maximum atomic E-state index is 5.15. The monoisotopic (exact) mass is 119 g/mol. The van der Waals surface area contributed by atoms with E-state index in [1.165, 1.54) is 12.2 Å². The zero-order valence-electron chi connectivity index (χ0n) is 4.52. The van der Waals surface area contributed by atoms with E-state index < -0.39 is 0 Å². The second-order valence-corrected chi connectivity index (χ2v) is 2.87. The molecule has 0 saturated carbocycles. The normalized spacial score (nSPS) is 28.3. The SMILES string of the molecule is CC1(C)CNSO1. The van der Waals surface area contributed by atoms with E-state index in [9.17, 15) is 0 Å². The van der Waals surface area contributed by atoms with Crippen LogP contribution in [0.1, 0.15) is 13.8 Å². The molecule has 0 bridgehead atoms. The molecule has 0 aromatic carbocycles. The van der Waals surface area contributed by atoms with E-state index in [0.717, 1.165) is 6.54 Å². The minimum atomic E-state index is 0.0463. The minimum Gasteiger partial charge on any atom is -0.294 e. The van der Waals surface area contributed by atoms with Crippen LogP contribution in [0.2, 0.25) is 0 Å². The summed E-state index contributed by atoms with van der Waals surface area (Å²) in [6.07, 6.45) is 0. The third-order valence-electron chi connectivity index (χ3n) is 0.824. The predicted molar refractivity (Wildman–Crippen MR) is 30.8 cm³/mol. The summed E-state index contributed by atoms with van der Waals surface area (Å²) in [5.74, 6) is 0. The van der Waals surface area contributed by atoms with Gasteiger partial charge in [0.2, 0.25) is 0 Å². The molecule has 0 atom stereocenters. The Balaban J connectivity index is 2.40. The van der Waals surface area contributed by atoms with Gasteiger partial charge in [0.15, 0.2) is 0 Å². The Kier molecular flexibility index (Phi) is 1.28. The lowest BCUT2D eigenvalue weighted by molar-refractivity contribution is 0.172. The molecule has 1 aliphatic rings. The van der Waals surface area contributed by atoms with Gasteiger partial charge in [-0.1, -0.05) is 0 Å². The summed E-state index contributed by atoms with van der Waals surface area (Å²) < 4.78 is 8.15. The van der Waals surface area contributed by atoms with Crippen molar-refractivity contribution in [2.24, 2.45) is 0 Å². The fraction of sp³-hybridized carbons (Fsp3) is 1.00. The average Bonchev–Trinajstić information content (AvgIpc) is 1.84. The van der Waals surface area contributed by atoms with Crippen LogP contribution in [0.4, 0.5) is 0 Å². The van der Waals surface area contributed by atoms with Gasteiger partial charge in [0.1, 0.15) is 0 Å². The molecule has 0 unspecified atom stereocenters. The van der Waals surface area contributed by atoms with Gasteiger partial charge in [-0.25, -0.2) is 4.72 Å². The van der Waals surface area contributed by atoms with Crippen molar-refractivity contribution in [3.63, 3.8) is 0 Å². The van der Waals surface area contributed by atoms with Crippen LogP contribution < -0.4 is 4.72 Å². The fourth-order valence-electron chi connectivity index (χ4n) is 0.375. The van der Waals surface area contributed by atoms with Crippen LogP contribution in [0, 0.1) is 0 Å². The summed E-state index contributed by atoms with van der Waals surface area (Å²) in [4.78, 5) is 0. The first-order chi connectivity index (χ1) is 3.21. The van der Waals surface area contributed by atoms with E-state index in [0.29, 0.717) is 0 Å².